The minimum atomic E-state index is -0.956. The van der Waals surface area contributed by atoms with E-state index in [0.29, 0.717) is 0 Å². The van der Waals surface area contributed by atoms with Crippen molar-refractivity contribution in [1.29, 1.82) is 0 Å². The van der Waals surface area contributed by atoms with Crippen LogP contribution in [0.5, 0.6) is 0 Å². The average Bonchev–Trinajstić information content (AvgIpc) is 2.22. The molecule has 0 rings (SSSR count). The average molecular weight is 259 g/mol. The molecule has 6 heteroatoms. The standard InChI is InChI=1S/C12H21NO5/c1-7-17-8(2)9(10(14)16-6)13-11(15)18-12(3,4)5/h7-9H,1H2,2-6H3,(H,13,15)/t8-,9+/m1/s1. The van der Waals surface area contributed by atoms with Gasteiger partial charge in [0, 0.05) is 0 Å². The number of carbonyl (C=O) groups excluding carboxylic acids is 2. The van der Waals surface area contributed by atoms with Crippen molar-refractivity contribution in [2.24, 2.45) is 0 Å². The molecule has 0 spiro atoms. The Morgan fingerprint density at radius 2 is 1.89 bits per heavy atom. The molecule has 0 aromatic carbocycles. The maximum Gasteiger partial charge on any atom is 0.408 e. The SMILES string of the molecule is C=CO[C@H](C)[C@H](NC(=O)OC(C)(C)C)C(=O)OC. The van der Waals surface area contributed by atoms with E-state index < -0.39 is 29.8 Å². The molecule has 0 unspecified atom stereocenters. The first-order chi connectivity index (χ1) is 8.21. The summed E-state index contributed by atoms with van der Waals surface area (Å²) in [4.78, 5) is 23.1. The highest BCUT2D eigenvalue weighted by Crippen LogP contribution is 2.08. The molecular formula is C12H21NO5. The van der Waals surface area contributed by atoms with E-state index in [4.69, 9.17) is 9.47 Å². The highest BCUT2D eigenvalue weighted by atomic mass is 16.6. The third-order valence-electron chi connectivity index (χ3n) is 1.91. The summed E-state index contributed by atoms with van der Waals surface area (Å²) in [5.41, 5.74) is -0.646. The number of alkyl carbamates (subject to hydrolysis) is 1. The van der Waals surface area contributed by atoms with E-state index in [9.17, 15) is 9.59 Å². The minimum absolute atomic E-state index is 0.609. The molecule has 1 amide bonds. The molecule has 104 valence electrons. The normalized spacial score (nSPS) is 14.1. The fraction of sp³-hybridized carbons (Fsp3) is 0.667. The van der Waals surface area contributed by atoms with Crippen molar-refractivity contribution in [2.45, 2.75) is 45.4 Å². The fourth-order valence-corrected chi connectivity index (χ4v) is 1.16. The maximum atomic E-state index is 11.6. The van der Waals surface area contributed by atoms with Gasteiger partial charge in [0.05, 0.1) is 13.4 Å². The lowest BCUT2D eigenvalue weighted by Gasteiger charge is -2.25. The van der Waals surface area contributed by atoms with Crippen molar-refractivity contribution in [2.75, 3.05) is 7.11 Å². The van der Waals surface area contributed by atoms with Crippen LogP contribution in [0.2, 0.25) is 0 Å². The van der Waals surface area contributed by atoms with Crippen molar-refractivity contribution in [1.82, 2.24) is 5.32 Å². The predicted octanol–water partition coefficient (Wildman–Crippen LogP) is 1.60. The molecule has 0 aromatic heterocycles. The highest BCUT2D eigenvalue weighted by molar-refractivity contribution is 5.82. The molecule has 0 radical (unpaired) electrons. The Kier molecular flexibility index (Phi) is 6.22. The van der Waals surface area contributed by atoms with Crippen LogP contribution in [0.1, 0.15) is 27.7 Å². The van der Waals surface area contributed by atoms with Gasteiger partial charge in [0.1, 0.15) is 11.7 Å². The second-order valence-electron chi connectivity index (χ2n) is 4.65. The number of esters is 1. The van der Waals surface area contributed by atoms with E-state index in [-0.39, 0.29) is 0 Å². The van der Waals surface area contributed by atoms with Gasteiger partial charge in [-0.05, 0) is 27.7 Å². The van der Waals surface area contributed by atoms with E-state index in [1.54, 1.807) is 27.7 Å². The zero-order valence-corrected chi connectivity index (χ0v) is 11.5. The van der Waals surface area contributed by atoms with Gasteiger partial charge in [0.25, 0.3) is 0 Å². The van der Waals surface area contributed by atoms with Crippen LogP contribution in [0.3, 0.4) is 0 Å². The number of nitrogens with one attached hydrogen (secondary N) is 1. The predicted molar refractivity (Wildman–Crippen MR) is 65.9 cm³/mol. The number of rotatable bonds is 5. The Hall–Kier alpha value is -1.72. The van der Waals surface area contributed by atoms with Gasteiger partial charge in [-0.25, -0.2) is 9.59 Å². The molecule has 18 heavy (non-hydrogen) atoms. The summed E-state index contributed by atoms with van der Waals surface area (Å²) >= 11 is 0. The van der Waals surface area contributed by atoms with Crippen molar-refractivity contribution in [3.05, 3.63) is 12.8 Å². The van der Waals surface area contributed by atoms with Crippen LogP contribution in [0.25, 0.3) is 0 Å². The van der Waals surface area contributed by atoms with E-state index in [2.05, 4.69) is 16.6 Å². The molecule has 0 aromatic rings. The maximum absolute atomic E-state index is 11.6. The largest absolute Gasteiger partial charge is 0.496 e. The smallest absolute Gasteiger partial charge is 0.408 e. The number of hydrogen-bond donors (Lipinski definition) is 1. The third-order valence-corrected chi connectivity index (χ3v) is 1.91. The molecule has 0 fully saturated rings. The molecule has 0 saturated carbocycles. The first kappa shape index (κ1) is 16.3. The lowest BCUT2D eigenvalue weighted by molar-refractivity contribution is -0.146. The van der Waals surface area contributed by atoms with Gasteiger partial charge < -0.3 is 19.5 Å². The van der Waals surface area contributed by atoms with E-state index in [0.717, 1.165) is 0 Å². The number of methoxy groups -OCH3 is 1. The second-order valence-corrected chi connectivity index (χ2v) is 4.65. The summed E-state index contributed by atoms with van der Waals surface area (Å²) < 4.78 is 14.7. The Morgan fingerprint density at radius 1 is 1.33 bits per heavy atom. The first-order valence-electron chi connectivity index (χ1n) is 5.55. The van der Waals surface area contributed by atoms with Crippen LogP contribution in [0, 0.1) is 0 Å². The third kappa shape index (κ3) is 6.12. The lowest BCUT2D eigenvalue weighted by Crippen LogP contribution is -2.50. The molecule has 0 aliphatic carbocycles. The van der Waals surface area contributed by atoms with Gasteiger partial charge in [-0.1, -0.05) is 6.58 Å². The van der Waals surface area contributed by atoms with Gasteiger partial charge in [-0.15, -0.1) is 0 Å². The summed E-state index contributed by atoms with van der Waals surface area (Å²) in [5, 5.41) is 2.40. The van der Waals surface area contributed by atoms with Gasteiger partial charge in [0.15, 0.2) is 6.04 Å². The Labute approximate surface area is 107 Å². The zero-order chi connectivity index (χ0) is 14.3. The number of carbonyl (C=O) groups is 2. The summed E-state index contributed by atoms with van der Waals surface area (Å²) in [6.07, 6.45) is -0.128. The van der Waals surface area contributed by atoms with Gasteiger partial charge in [-0.3, -0.25) is 0 Å². The van der Waals surface area contributed by atoms with E-state index in [1.165, 1.54) is 13.4 Å². The highest BCUT2D eigenvalue weighted by Gasteiger charge is 2.30. The molecule has 0 heterocycles. The number of hydrogen-bond acceptors (Lipinski definition) is 5. The Bertz CT molecular complexity index is 308. The Balaban J connectivity index is 4.64. The fourth-order valence-electron chi connectivity index (χ4n) is 1.16. The molecule has 2 atom stereocenters. The molecular weight excluding hydrogens is 238 g/mol. The van der Waals surface area contributed by atoms with E-state index >= 15 is 0 Å². The van der Waals surface area contributed by atoms with Crippen LogP contribution >= 0.6 is 0 Å². The summed E-state index contributed by atoms with van der Waals surface area (Å²) in [5.74, 6) is -0.616. The minimum Gasteiger partial charge on any atom is -0.496 e. The molecule has 0 aliphatic heterocycles. The molecule has 0 bridgehead atoms. The van der Waals surface area contributed by atoms with Crippen molar-refractivity contribution >= 4 is 12.1 Å². The van der Waals surface area contributed by atoms with E-state index in [1.807, 2.05) is 0 Å². The number of amides is 1. The topological polar surface area (TPSA) is 73.9 Å². The molecule has 0 aliphatic rings. The molecule has 1 N–H and O–H groups in total. The number of ether oxygens (including phenoxy) is 3. The Morgan fingerprint density at radius 3 is 2.28 bits per heavy atom. The van der Waals surface area contributed by atoms with Crippen molar-refractivity contribution < 1.29 is 23.8 Å². The second kappa shape index (κ2) is 6.88. The zero-order valence-electron chi connectivity index (χ0n) is 11.5. The summed E-state index contributed by atoms with van der Waals surface area (Å²) in [7, 11) is 1.23. The quantitative estimate of drug-likeness (QED) is 0.599. The van der Waals surface area contributed by atoms with Crippen molar-refractivity contribution in [3.63, 3.8) is 0 Å². The molecule has 6 nitrogen and oxygen atoms in total. The van der Waals surface area contributed by atoms with Gasteiger partial charge >= 0.3 is 12.1 Å². The van der Waals surface area contributed by atoms with Crippen LogP contribution in [-0.4, -0.2) is 36.9 Å². The lowest BCUT2D eigenvalue weighted by atomic mass is 10.2. The van der Waals surface area contributed by atoms with Crippen LogP contribution in [0.15, 0.2) is 12.8 Å². The van der Waals surface area contributed by atoms with Crippen LogP contribution in [-0.2, 0) is 19.0 Å². The molecule has 0 saturated heterocycles. The van der Waals surface area contributed by atoms with Gasteiger partial charge in [-0.2, -0.15) is 0 Å². The van der Waals surface area contributed by atoms with Crippen LogP contribution < -0.4 is 5.32 Å². The van der Waals surface area contributed by atoms with Gasteiger partial charge in [0.2, 0.25) is 0 Å². The van der Waals surface area contributed by atoms with Crippen LogP contribution in [0.4, 0.5) is 4.79 Å². The summed E-state index contributed by atoms with van der Waals surface area (Å²) in [6.45, 7) is 10.2. The first-order valence-corrected chi connectivity index (χ1v) is 5.55. The van der Waals surface area contributed by atoms with Crippen molar-refractivity contribution in [3.8, 4) is 0 Å². The summed E-state index contributed by atoms with van der Waals surface area (Å²) in [6, 6.07) is -0.956. The monoisotopic (exact) mass is 259 g/mol.